The summed E-state index contributed by atoms with van der Waals surface area (Å²) in [5.74, 6) is -0.966. The van der Waals surface area contributed by atoms with E-state index in [2.05, 4.69) is 0 Å². The number of hydrogen-bond donors (Lipinski definition) is 2. The van der Waals surface area contributed by atoms with E-state index in [4.69, 9.17) is 5.11 Å². The van der Waals surface area contributed by atoms with E-state index in [1.54, 1.807) is 12.1 Å². The van der Waals surface area contributed by atoms with Crippen LogP contribution in [0, 0.1) is 0 Å². The Morgan fingerprint density at radius 2 is 2.12 bits per heavy atom. The van der Waals surface area contributed by atoms with Gasteiger partial charge < -0.3 is 14.8 Å². The monoisotopic (exact) mass is 233 g/mol. The van der Waals surface area contributed by atoms with Crippen LogP contribution >= 0.6 is 0 Å². The van der Waals surface area contributed by atoms with Crippen LogP contribution in [0.4, 0.5) is 0 Å². The van der Waals surface area contributed by atoms with Gasteiger partial charge in [-0.05, 0) is 26.0 Å². The molecule has 0 spiro atoms. The highest BCUT2D eigenvalue weighted by molar-refractivity contribution is 6.04. The smallest absolute Gasteiger partial charge is 0.336 e. The molecular formula is C13H15NO3. The Bertz CT molecular complexity index is 569. The van der Waals surface area contributed by atoms with E-state index in [1.807, 2.05) is 30.7 Å². The lowest BCUT2D eigenvalue weighted by Gasteiger charge is -2.09. The third-order valence-electron chi connectivity index (χ3n) is 2.89. The fourth-order valence-electron chi connectivity index (χ4n) is 2.12. The SMILES string of the molecule is CC(C)n1cc(CO)c2c(C(=O)O)cccc21. The van der Waals surface area contributed by atoms with Crippen molar-refractivity contribution in [2.75, 3.05) is 0 Å². The van der Waals surface area contributed by atoms with Gasteiger partial charge in [0.2, 0.25) is 0 Å². The molecule has 0 aliphatic heterocycles. The molecule has 4 heteroatoms. The largest absolute Gasteiger partial charge is 0.478 e. The summed E-state index contributed by atoms with van der Waals surface area (Å²) in [6.07, 6.45) is 1.82. The van der Waals surface area contributed by atoms with Crippen LogP contribution in [0.25, 0.3) is 10.9 Å². The quantitative estimate of drug-likeness (QED) is 0.855. The fraction of sp³-hybridized carbons (Fsp3) is 0.308. The lowest BCUT2D eigenvalue weighted by molar-refractivity contribution is 0.0699. The maximum atomic E-state index is 11.2. The molecule has 0 saturated carbocycles. The van der Waals surface area contributed by atoms with Crippen molar-refractivity contribution in [2.45, 2.75) is 26.5 Å². The van der Waals surface area contributed by atoms with Crippen molar-refractivity contribution >= 4 is 16.9 Å². The van der Waals surface area contributed by atoms with Gasteiger partial charge in [0, 0.05) is 28.7 Å². The maximum Gasteiger partial charge on any atom is 0.336 e. The predicted octanol–water partition coefficient (Wildman–Crippen LogP) is 2.41. The summed E-state index contributed by atoms with van der Waals surface area (Å²) in [7, 11) is 0. The molecule has 0 aliphatic rings. The summed E-state index contributed by atoms with van der Waals surface area (Å²) < 4.78 is 1.98. The van der Waals surface area contributed by atoms with Gasteiger partial charge in [-0.25, -0.2) is 4.79 Å². The van der Waals surface area contributed by atoms with Gasteiger partial charge in [-0.2, -0.15) is 0 Å². The number of nitrogens with zero attached hydrogens (tertiary/aromatic N) is 1. The molecule has 1 aromatic heterocycles. The van der Waals surface area contributed by atoms with Gasteiger partial charge in [0.15, 0.2) is 0 Å². The minimum atomic E-state index is -0.966. The number of aromatic carboxylic acids is 1. The van der Waals surface area contributed by atoms with Crippen LogP contribution in [-0.4, -0.2) is 20.7 Å². The number of aliphatic hydroxyl groups excluding tert-OH is 1. The van der Waals surface area contributed by atoms with E-state index in [0.29, 0.717) is 10.9 Å². The summed E-state index contributed by atoms with van der Waals surface area (Å²) >= 11 is 0. The van der Waals surface area contributed by atoms with Gasteiger partial charge in [0.25, 0.3) is 0 Å². The Kier molecular flexibility index (Phi) is 2.90. The summed E-state index contributed by atoms with van der Waals surface area (Å²) in [5.41, 5.74) is 1.75. The highest BCUT2D eigenvalue weighted by Crippen LogP contribution is 2.28. The minimum absolute atomic E-state index is 0.152. The molecule has 0 atom stereocenters. The number of carbonyl (C=O) groups is 1. The third kappa shape index (κ3) is 1.80. The molecule has 0 amide bonds. The van der Waals surface area contributed by atoms with Gasteiger partial charge in [-0.3, -0.25) is 0 Å². The van der Waals surface area contributed by atoms with E-state index in [1.165, 1.54) is 0 Å². The molecule has 0 fully saturated rings. The van der Waals surface area contributed by atoms with Crippen molar-refractivity contribution in [1.82, 2.24) is 4.57 Å². The van der Waals surface area contributed by atoms with Crippen molar-refractivity contribution < 1.29 is 15.0 Å². The molecule has 90 valence electrons. The van der Waals surface area contributed by atoms with E-state index < -0.39 is 5.97 Å². The second kappa shape index (κ2) is 4.22. The van der Waals surface area contributed by atoms with Crippen LogP contribution in [0.5, 0.6) is 0 Å². The summed E-state index contributed by atoms with van der Waals surface area (Å²) in [5, 5.41) is 19.1. The lowest BCUT2D eigenvalue weighted by Crippen LogP contribution is -2.00. The first-order valence-electron chi connectivity index (χ1n) is 5.52. The standard InChI is InChI=1S/C13H15NO3/c1-8(2)14-6-9(7-15)12-10(13(16)17)4-3-5-11(12)14/h3-6,8,15H,7H2,1-2H3,(H,16,17). The van der Waals surface area contributed by atoms with Crippen molar-refractivity contribution in [3.63, 3.8) is 0 Å². The molecule has 0 saturated heterocycles. The number of hydrogen-bond acceptors (Lipinski definition) is 2. The van der Waals surface area contributed by atoms with Crippen LogP contribution < -0.4 is 0 Å². The molecular weight excluding hydrogens is 218 g/mol. The molecule has 0 radical (unpaired) electrons. The van der Waals surface area contributed by atoms with Crippen LogP contribution in [0.15, 0.2) is 24.4 Å². The molecule has 2 N–H and O–H groups in total. The molecule has 1 heterocycles. The van der Waals surface area contributed by atoms with Crippen LogP contribution in [0.2, 0.25) is 0 Å². The highest BCUT2D eigenvalue weighted by Gasteiger charge is 2.16. The summed E-state index contributed by atoms with van der Waals surface area (Å²) in [6, 6.07) is 5.39. The maximum absolute atomic E-state index is 11.2. The molecule has 0 bridgehead atoms. The number of carboxylic acids is 1. The number of fused-ring (bicyclic) bond motifs is 1. The average molecular weight is 233 g/mol. The molecule has 1 aromatic carbocycles. The van der Waals surface area contributed by atoms with Crippen molar-refractivity contribution in [3.05, 3.63) is 35.5 Å². The predicted molar refractivity (Wildman–Crippen MR) is 65.2 cm³/mol. The molecule has 0 unspecified atom stereocenters. The van der Waals surface area contributed by atoms with E-state index >= 15 is 0 Å². The molecule has 2 rings (SSSR count). The molecule has 4 nitrogen and oxygen atoms in total. The molecule has 17 heavy (non-hydrogen) atoms. The zero-order valence-corrected chi connectivity index (χ0v) is 9.84. The van der Waals surface area contributed by atoms with Crippen LogP contribution in [-0.2, 0) is 6.61 Å². The number of aromatic nitrogens is 1. The van der Waals surface area contributed by atoms with Crippen LogP contribution in [0.1, 0.15) is 35.8 Å². The van der Waals surface area contributed by atoms with E-state index in [-0.39, 0.29) is 18.2 Å². The first-order chi connectivity index (χ1) is 8.06. The van der Waals surface area contributed by atoms with Crippen LogP contribution in [0.3, 0.4) is 0 Å². The summed E-state index contributed by atoms with van der Waals surface area (Å²) in [6.45, 7) is 3.89. The highest BCUT2D eigenvalue weighted by atomic mass is 16.4. The van der Waals surface area contributed by atoms with Crippen molar-refractivity contribution in [3.8, 4) is 0 Å². The fourth-order valence-corrected chi connectivity index (χ4v) is 2.12. The normalized spacial score (nSPS) is 11.3. The van der Waals surface area contributed by atoms with E-state index in [9.17, 15) is 9.90 Å². The Morgan fingerprint density at radius 1 is 1.41 bits per heavy atom. The first-order valence-corrected chi connectivity index (χ1v) is 5.52. The Labute approximate surface area is 99.1 Å². The zero-order chi connectivity index (χ0) is 12.6. The van der Waals surface area contributed by atoms with Gasteiger partial charge >= 0.3 is 5.97 Å². The number of aliphatic hydroxyl groups is 1. The van der Waals surface area contributed by atoms with Gasteiger partial charge in [-0.1, -0.05) is 6.07 Å². The average Bonchev–Trinajstić information content (AvgIpc) is 2.67. The van der Waals surface area contributed by atoms with Crippen molar-refractivity contribution in [2.24, 2.45) is 0 Å². The summed E-state index contributed by atoms with van der Waals surface area (Å²) in [4.78, 5) is 11.2. The topological polar surface area (TPSA) is 62.5 Å². The van der Waals surface area contributed by atoms with Gasteiger partial charge in [0.05, 0.1) is 12.2 Å². The Hall–Kier alpha value is -1.81. The minimum Gasteiger partial charge on any atom is -0.478 e. The second-order valence-corrected chi connectivity index (χ2v) is 4.32. The Morgan fingerprint density at radius 3 is 2.65 bits per heavy atom. The van der Waals surface area contributed by atoms with E-state index in [0.717, 1.165) is 5.52 Å². The number of benzene rings is 1. The molecule has 2 aromatic rings. The number of carboxylic acid groups (broad SMARTS) is 1. The Balaban J connectivity index is 2.84. The van der Waals surface area contributed by atoms with Gasteiger partial charge in [0.1, 0.15) is 0 Å². The zero-order valence-electron chi connectivity index (χ0n) is 9.84. The lowest BCUT2D eigenvalue weighted by atomic mass is 10.1. The number of rotatable bonds is 3. The van der Waals surface area contributed by atoms with Gasteiger partial charge in [-0.15, -0.1) is 0 Å². The van der Waals surface area contributed by atoms with Crippen molar-refractivity contribution in [1.29, 1.82) is 0 Å². The second-order valence-electron chi connectivity index (χ2n) is 4.32. The first kappa shape index (κ1) is 11.7. The molecule has 0 aliphatic carbocycles. The third-order valence-corrected chi connectivity index (χ3v) is 2.89.